The number of rotatable bonds is 7. The van der Waals surface area contributed by atoms with Gasteiger partial charge < -0.3 is 10.1 Å². The first-order valence-electron chi connectivity index (χ1n) is 6.50. The summed E-state index contributed by atoms with van der Waals surface area (Å²) in [4.78, 5) is 0. The molecule has 0 amide bonds. The number of nitrogens with one attached hydrogen (secondary N) is 1. The maximum absolute atomic E-state index is 8.96. The van der Waals surface area contributed by atoms with E-state index in [1.165, 1.54) is 11.1 Å². The third-order valence-electron chi connectivity index (χ3n) is 2.95. The maximum Gasteiger partial charge on any atom is 0.119 e. The van der Waals surface area contributed by atoms with E-state index in [1.54, 1.807) is 0 Å². The Morgan fingerprint density at radius 2 is 2.11 bits per heavy atom. The summed E-state index contributed by atoms with van der Waals surface area (Å²) in [6.45, 7) is 7.69. The smallest absolute Gasteiger partial charge is 0.119 e. The quantitative estimate of drug-likeness (QED) is 0.804. The van der Waals surface area contributed by atoms with E-state index in [1.807, 2.05) is 12.1 Å². The highest BCUT2D eigenvalue weighted by Crippen LogP contribution is 2.16. The molecule has 0 saturated heterocycles. The molecule has 18 heavy (non-hydrogen) atoms. The molecule has 0 radical (unpaired) electrons. The van der Waals surface area contributed by atoms with Crippen molar-refractivity contribution in [3.8, 4) is 11.8 Å². The Balaban J connectivity index is 2.36. The lowest BCUT2D eigenvalue weighted by molar-refractivity contribution is 0.297. The Morgan fingerprint density at radius 3 is 2.72 bits per heavy atom. The molecule has 1 N–H and O–H groups in total. The van der Waals surface area contributed by atoms with Crippen molar-refractivity contribution in [1.29, 1.82) is 5.26 Å². The van der Waals surface area contributed by atoms with Gasteiger partial charge in [-0.2, -0.15) is 5.26 Å². The summed E-state index contributed by atoms with van der Waals surface area (Å²) in [6.07, 6.45) is 1.75. The number of aryl methyl sites for hydroxylation is 2. The van der Waals surface area contributed by atoms with Crippen LogP contribution >= 0.6 is 0 Å². The maximum atomic E-state index is 8.96. The van der Waals surface area contributed by atoms with E-state index in [2.05, 4.69) is 38.2 Å². The van der Waals surface area contributed by atoms with E-state index in [0.717, 1.165) is 18.7 Å². The van der Waals surface area contributed by atoms with Crippen LogP contribution in [0.5, 0.6) is 5.75 Å². The average molecular weight is 246 g/mol. The van der Waals surface area contributed by atoms with Gasteiger partial charge in [0.2, 0.25) is 0 Å². The van der Waals surface area contributed by atoms with Crippen molar-refractivity contribution in [1.82, 2.24) is 5.32 Å². The van der Waals surface area contributed by atoms with Crippen LogP contribution in [0.1, 0.15) is 30.9 Å². The van der Waals surface area contributed by atoms with Gasteiger partial charge >= 0.3 is 0 Å². The fourth-order valence-electron chi connectivity index (χ4n) is 1.63. The summed E-state index contributed by atoms with van der Waals surface area (Å²) in [5, 5.41) is 12.1. The highest BCUT2D eigenvalue weighted by Gasteiger charge is 2.06. The fraction of sp³-hybridized carbons (Fsp3) is 0.533. The molecule has 0 fully saturated rings. The number of nitriles is 1. The molecule has 98 valence electrons. The Kier molecular flexibility index (Phi) is 6.24. The molecule has 1 aromatic rings. The van der Waals surface area contributed by atoms with E-state index >= 15 is 0 Å². The van der Waals surface area contributed by atoms with Crippen LogP contribution in [0.15, 0.2) is 18.2 Å². The van der Waals surface area contributed by atoms with E-state index in [9.17, 15) is 0 Å². The molecule has 1 rings (SSSR count). The highest BCUT2D eigenvalue weighted by molar-refractivity contribution is 5.33. The van der Waals surface area contributed by atoms with Crippen LogP contribution in [-0.2, 0) is 0 Å². The van der Waals surface area contributed by atoms with Gasteiger partial charge in [-0.1, -0.05) is 13.0 Å². The third-order valence-corrected chi connectivity index (χ3v) is 2.95. The zero-order valence-electron chi connectivity index (χ0n) is 11.5. The second-order valence-corrected chi connectivity index (χ2v) is 4.52. The van der Waals surface area contributed by atoms with Crippen molar-refractivity contribution < 1.29 is 4.74 Å². The van der Waals surface area contributed by atoms with Crippen LogP contribution < -0.4 is 10.1 Å². The van der Waals surface area contributed by atoms with E-state index < -0.39 is 0 Å². The van der Waals surface area contributed by atoms with Gasteiger partial charge in [-0.05, 0) is 50.1 Å². The summed E-state index contributed by atoms with van der Waals surface area (Å²) >= 11 is 0. The normalized spacial score (nSPS) is 11.9. The van der Waals surface area contributed by atoms with E-state index in [0.29, 0.717) is 13.0 Å². The molecule has 3 nitrogen and oxygen atoms in total. The summed E-state index contributed by atoms with van der Waals surface area (Å²) in [6, 6.07) is 8.21. The first-order chi connectivity index (χ1) is 8.67. The first kappa shape index (κ1) is 14.5. The lowest BCUT2D eigenvalue weighted by Gasteiger charge is -2.12. The SMILES string of the molecule is CCCNC(C#N)CCOc1ccc(C)c(C)c1. The van der Waals surface area contributed by atoms with Gasteiger partial charge in [-0.25, -0.2) is 0 Å². The number of ether oxygens (including phenoxy) is 1. The standard InChI is InChI=1S/C15H22N2O/c1-4-8-17-14(11-16)7-9-18-15-6-5-12(2)13(3)10-15/h5-6,10,14,17H,4,7-9H2,1-3H3. The summed E-state index contributed by atoms with van der Waals surface area (Å²) in [5.41, 5.74) is 2.50. The van der Waals surface area contributed by atoms with Gasteiger partial charge in [-0.15, -0.1) is 0 Å². The molecule has 3 heteroatoms. The lowest BCUT2D eigenvalue weighted by Crippen LogP contribution is -2.29. The minimum Gasteiger partial charge on any atom is -0.493 e. The summed E-state index contributed by atoms with van der Waals surface area (Å²) < 4.78 is 5.66. The number of nitrogens with zero attached hydrogens (tertiary/aromatic N) is 1. The Hall–Kier alpha value is -1.53. The van der Waals surface area contributed by atoms with Crippen LogP contribution in [0.4, 0.5) is 0 Å². The molecule has 0 spiro atoms. The molecule has 0 bridgehead atoms. The Bertz CT molecular complexity index is 409. The molecular formula is C15H22N2O. The molecular weight excluding hydrogens is 224 g/mol. The van der Waals surface area contributed by atoms with Gasteiger partial charge in [0.05, 0.1) is 18.7 Å². The topological polar surface area (TPSA) is 45.0 Å². The number of hydrogen-bond acceptors (Lipinski definition) is 3. The van der Waals surface area contributed by atoms with Crippen molar-refractivity contribution in [2.45, 2.75) is 39.7 Å². The molecule has 0 aliphatic rings. The molecule has 0 aliphatic carbocycles. The zero-order valence-corrected chi connectivity index (χ0v) is 11.5. The largest absolute Gasteiger partial charge is 0.493 e. The average Bonchev–Trinajstić information content (AvgIpc) is 2.37. The fourth-order valence-corrected chi connectivity index (χ4v) is 1.63. The van der Waals surface area contributed by atoms with E-state index in [-0.39, 0.29) is 6.04 Å². The Labute approximate surface area is 110 Å². The van der Waals surface area contributed by atoms with Crippen LogP contribution in [-0.4, -0.2) is 19.2 Å². The third kappa shape index (κ3) is 4.77. The predicted molar refractivity (Wildman–Crippen MR) is 73.7 cm³/mol. The molecule has 0 heterocycles. The van der Waals surface area contributed by atoms with Crippen LogP contribution in [0.25, 0.3) is 0 Å². The molecule has 0 aliphatic heterocycles. The monoisotopic (exact) mass is 246 g/mol. The molecule has 0 saturated carbocycles. The second kappa shape index (κ2) is 7.73. The van der Waals surface area contributed by atoms with Gasteiger partial charge in [-0.3, -0.25) is 0 Å². The number of hydrogen-bond donors (Lipinski definition) is 1. The van der Waals surface area contributed by atoms with E-state index in [4.69, 9.17) is 10.00 Å². The molecule has 1 unspecified atom stereocenters. The highest BCUT2D eigenvalue weighted by atomic mass is 16.5. The molecule has 1 aromatic carbocycles. The van der Waals surface area contributed by atoms with Crippen LogP contribution in [0.2, 0.25) is 0 Å². The Morgan fingerprint density at radius 1 is 1.33 bits per heavy atom. The van der Waals surface area contributed by atoms with Crippen molar-refractivity contribution in [3.05, 3.63) is 29.3 Å². The van der Waals surface area contributed by atoms with Gasteiger partial charge in [0.15, 0.2) is 0 Å². The van der Waals surface area contributed by atoms with Crippen molar-refractivity contribution >= 4 is 0 Å². The van der Waals surface area contributed by atoms with Crippen molar-refractivity contribution in [2.75, 3.05) is 13.2 Å². The summed E-state index contributed by atoms with van der Waals surface area (Å²) in [5.74, 6) is 0.880. The minimum atomic E-state index is -0.114. The number of benzene rings is 1. The van der Waals surface area contributed by atoms with Gasteiger partial charge in [0.25, 0.3) is 0 Å². The lowest BCUT2D eigenvalue weighted by atomic mass is 10.1. The van der Waals surface area contributed by atoms with Crippen LogP contribution in [0.3, 0.4) is 0 Å². The summed E-state index contributed by atoms with van der Waals surface area (Å²) in [7, 11) is 0. The molecule has 0 aromatic heterocycles. The van der Waals surface area contributed by atoms with Gasteiger partial charge in [0, 0.05) is 6.42 Å². The first-order valence-corrected chi connectivity index (χ1v) is 6.50. The minimum absolute atomic E-state index is 0.114. The van der Waals surface area contributed by atoms with Gasteiger partial charge in [0.1, 0.15) is 5.75 Å². The zero-order chi connectivity index (χ0) is 13.4. The molecule has 1 atom stereocenters. The predicted octanol–water partition coefficient (Wildman–Crippen LogP) is 2.96. The van der Waals surface area contributed by atoms with Crippen molar-refractivity contribution in [2.24, 2.45) is 0 Å². The second-order valence-electron chi connectivity index (χ2n) is 4.52. The van der Waals surface area contributed by atoms with Crippen LogP contribution in [0, 0.1) is 25.2 Å². The van der Waals surface area contributed by atoms with Crippen molar-refractivity contribution in [3.63, 3.8) is 0 Å².